The Kier molecular flexibility index (Phi) is 5.23. The quantitative estimate of drug-likeness (QED) is 0.459. The van der Waals surface area contributed by atoms with Crippen LogP contribution in [0.1, 0.15) is 17.2 Å². The van der Waals surface area contributed by atoms with Crippen LogP contribution in [0.2, 0.25) is 5.02 Å². The highest BCUT2D eigenvalue weighted by molar-refractivity contribution is 6.30. The van der Waals surface area contributed by atoms with Crippen LogP contribution in [0, 0.1) is 6.92 Å². The molecule has 0 radical (unpaired) electrons. The van der Waals surface area contributed by atoms with Gasteiger partial charge in [0.2, 0.25) is 5.89 Å². The first kappa shape index (κ1) is 18.4. The molecule has 0 aliphatic carbocycles. The van der Waals surface area contributed by atoms with Gasteiger partial charge in [-0.05, 0) is 31.7 Å². The van der Waals surface area contributed by atoms with E-state index in [1.54, 1.807) is 0 Å². The number of hydrogen-bond donors (Lipinski definition) is 0. The number of aromatic nitrogens is 3. The Balaban J connectivity index is 1.53. The molecule has 0 fully saturated rings. The molecule has 2 heterocycles. The van der Waals surface area contributed by atoms with Crippen molar-refractivity contribution in [3.63, 3.8) is 0 Å². The van der Waals surface area contributed by atoms with Crippen molar-refractivity contribution in [2.75, 3.05) is 7.05 Å². The van der Waals surface area contributed by atoms with E-state index < -0.39 is 0 Å². The lowest BCUT2D eigenvalue weighted by Gasteiger charge is -2.14. The first-order valence-electron chi connectivity index (χ1n) is 8.87. The molecule has 0 amide bonds. The van der Waals surface area contributed by atoms with Gasteiger partial charge in [0.1, 0.15) is 17.0 Å². The van der Waals surface area contributed by atoms with Gasteiger partial charge in [0, 0.05) is 17.1 Å². The molecule has 6 nitrogen and oxygen atoms in total. The summed E-state index contributed by atoms with van der Waals surface area (Å²) >= 11 is 6.05. The van der Waals surface area contributed by atoms with Crippen molar-refractivity contribution >= 4 is 11.6 Å². The fraction of sp³-hybridized carbons (Fsp3) is 0.190. The standard InChI is InChI=1S/C21H19ClN4O2/c1-14-19(20(25-28-14)16-8-4-3-5-9-16)21-24-23-18(27-21)13-26(2)12-15-7-6-10-17(22)11-15/h3-11H,12-13H2,1-2H3. The summed E-state index contributed by atoms with van der Waals surface area (Å²) < 4.78 is 11.3. The predicted octanol–water partition coefficient (Wildman–Crippen LogP) is 4.99. The Hall–Kier alpha value is -2.96. The molecule has 0 bridgehead atoms. The average Bonchev–Trinajstić information content (AvgIpc) is 3.28. The molecule has 2 aromatic heterocycles. The lowest BCUT2D eigenvalue weighted by molar-refractivity contribution is 0.283. The number of hydrogen-bond acceptors (Lipinski definition) is 6. The average molecular weight is 395 g/mol. The third kappa shape index (κ3) is 3.98. The van der Waals surface area contributed by atoms with E-state index in [9.17, 15) is 0 Å². The number of aryl methyl sites for hydroxylation is 1. The summed E-state index contributed by atoms with van der Waals surface area (Å²) in [5, 5.41) is 13.3. The minimum Gasteiger partial charge on any atom is -0.419 e. The van der Waals surface area contributed by atoms with Gasteiger partial charge in [-0.15, -0.1) is 10.2 Å². The van der Waals surface area contributed by atoms with Crippen LogP contribution < -0.4 is 0 Å². The zero-order valence-electron chi connectivity index (χ0n) is 15.6. The third-order valence-electron chi connectivity index (χ3n) is 4.34. The largest absolute Gasteiger partial charge is 0.419 e. The lowest BCUT2D eigenvalue weighted by atomic mass is 10.1. The van der Waals surface area contributed by atoms with Crippen LogP contribution in [-0.4, -0.2) is 27.3 Å². The van der Waals surface area contributed by atoms with E-state index in [0.29, 0.717) is 29.8 Å². The van der Waals surface area contributed by atoms with Gasteiger partial charge in [-0.3, -0.25) is 4.90 Å². The monoisotopic (exact) mass is 394 g/mol. The molecular weight excluding hydrogens is 376 g/mol. The molecule has 28 heavy (non-hydrogen) atoms. The normalized spacial score (nSPS) is 11.3. The molecule has 0 spiro atoms. The molecule has 0 saturated heterocycles. The number of halogens is 1. The summed E-state index contributed by atoms with van der Waals surface area (Å²) in [6.45, 7) is 3.08. The molecule has 142 valence electrons. The van der Waals surface area contributed by atoms with Crippen LogP contribution in [0.4, 0.5) is 0 Å². The first-order valence-corrected chi connectivity index (χ1v) is 9.25. The molecule has 7 heteroatoms. The molecule has 2 aromatic carbocycles. The minimum atomic E-state index is 0.406. The van der Waals surface area contributed by atoms with Crippen molar-refractivity contribution in [2.24, 2.45) is 0 Å². The molecule has 0 aliphatic heterocycles. The summed E-state index contributed by atoms with van der Waals surface area (Å²) in [5.41, 5.74) is 3.48. The highest BCUT2D eigenvalue weighted by Gasteiger charge is 2.22. The van der Waals surface area contributed by atoms with Gasteiger partial charge in [0.05, 0.1) is 6.54 Å². The maximum atomic E-state index is 6.05. The van der Waals surface area contributed by atoms with Crippen LogP contribution in [0.5, 0.6) is 0 Å². The van der Waals surface area contributed by atoms with Crippen LogP contribution in [0.25, 0.3) is 22.7 Å². The van der Waals surface area contributed by atoms with E-state index in [4.69, 9.17) is 20.5 Å². The van der Waals surface area contributed by atoms with E-state index in [1.807, 2.05) is 68.6 Å². The number of benzene rings is 2. The van der Waals surface area contributed by atoms with Crippen molar-refractivity contribution in [1.82, 2.24) is 20.3 Å². The van der Waals surface area contributed by atoms with E-state index >= 15 is 0 Å². The highest BCUT2D eigenvalue weighted by atomic mass is 35.5. The van der Waals surface area contributed by atoms with Gasteiger partial charge in [-0.2, -0.15) is 0 Å². The second-order valence-corrected chi connectivity index (χ2v) is 7.07. The summed E-state index contributed by atoms with van der Waals surface area (Å²) in [5.74, 6) is 1.57. The van der Waals surface area contributed by atoms with Crippen molar-refractivity contribution in [1.29, 1.82) is 0 Å². The van der Waals surface area contributed by atoms with E-state index in [0.717, 1.165) is 28.3 Å². The fourth-order valence-corrected chi connectivity index (χ4v) is 3.28. The topological polar surface area (TPSA) is 68.2 Å². The molecule has 4 aromatic rings. The fourth-order valence-electron chi connectivity index (χ4n) is 3.07. The maximum Gasteiger partial charge on any atom is 0.253 e. The molecule has 0 N–H and O–H groups in total. The second kappa shape index (κ2) is 7.96. The van der Waals surface area contributed by atoms with Crippen LogP contribution in [-0.2, 0) is 13.1 Å². The van der Waals surface area contributed by atoms with Crippen molar-refractivity contribution in [3.8, 4) is 22.7 Å². The summed E-state index contributed by atoms with van der Waals surface area (Å²) in [7, 11) is 1.99. The first-order chi connectivity index (χ1) is 13.6. The van der Waals surface area contributed by atoms with Gasteiger partial charge in [-0.25, -0.2) is 0 Å². The van der Waals surface area contributed by atoms with Crippen molar-refractivity contribution in [2.45, 2.75) is 20.0 Å². The highest BCUT2D eigenvalue weighted by Crippen LogP contribution is 2.33. The Morgan fingerprint density at radius 3 is 2.61 bits per heavy atom. The third-order valence-corrected chi connectivity index (χ3v) is 4.57. The maximum absolute atomic E-state index is 6.05. The molecule has 0 aliphatic rings. The SMILES string of the molecule is Cc1onc(-c2ccccc2)c1-c1nnc(CN(C)Cc2cccc(Cl)c2)o1. The van der Waals surface area contributed by atoms with Crippen LogP contribution in [0.15, 0.2) is 63.5 Å². The van der Waals surface area contributed by atoms with Crippen LogP contribution >= 0.6 is 11.6 Å². The van der Waals surface area contributed by atoms with Crippen LogP contribution in [0.3, 0.4) is 0 Å². The van der Waals surface area contributed by atoms with Gasteiger partial charge < -0.3 is 8.94 Å². The molecule has 4 rings (SSSR count). The van der Waals surface area contributed by atoms with Gasteiger partial charge in [0.15, 0.2) is 0 Å². The Morgan fingerprint density at radius 2 is 1.82 bits per heavy atom. The van der Waals surface area contributed by atoms with E-state index in [-0.39, 0.29) is 0 Å². The molecular formula is C21H19ClN4O2. The lowest BCUT2D eigenvalue weighted by Crippen LogP contribution is -2.17. The molecule has 0 saturated carbocycles. The molecule has 0 unspecified atom stereocenters. The number of nitrogens with zero attached hydrogens (tertiary/aromatic N) is 4. The molecule has 0 atom stereocenters. The zero-order chi connectivity index (χ0) is 19.5. The Morgan fingerprint density at radius 1 is 1.00 bits per heavy atom. The Labute approximate surface area is 167 Å². The zero-order valence-corrected chi connectivity index (χ0v) is 16.3. The predicted molar refractivity (Wildman–Crippen MR) is 107 cm³/mol. The Bertz CT molecular complexity index is 1070. The van der Waals surface area contributed by atoms with Crippen molar-refractivity contribution in [3.05, 3.63) is 76.8 Å². The van der Waals surface area contributed by atoms with Crippen molar-refractivity contribution < 1.29 is 8.94 Å². The summed E-state index contributed by atoms with van der Waals surface area (Å²) in [4.78, 5) is 2.08. The summed E-state index contributed by atoms with van der Waals surface area (Å²) in [6.07, 6.45) is 0. The summed E-state index contributed by atoms with van der Waals surface area (Å²) in [6, 6.07) is 17.6. The number of rotatable bonds is 6. The van der Waals surface area contributed by atoms with Gasteiger partial charge in [0.25, 0.3) is 5.89 Å². The minimum absolute atomic E-state index is 0.406. The van der Waals surface area contributed by atoms with Gasteiger partial charge >= 0.3 is 0 Å². The van der Waals surface area contributed by atoms with E-state index in [2.05, 4.69) is 20.3 Å². The second-order valence-electron chi connectivity index (χ2n) is 6.63. The van der Waals surface area contributed by atoms with Gasteiger partial charge in [-0.1, -0.05) is 59.2 Å². The van der Waals surface area contributed by atoms with E-state index in [1.165, 1.54) is 0 Å². The smallest absolute Gasteiger partial charge is 0.253 e.